The number of hydrogen-bond donors (Lipinski definition) is 1. The summed E-state index contributed by atoms with van der Waals surface area (Å²) < 4.78 is 58.4. The molecule has 1 saturated heterocycles. The summed E-state index contributed by atoms with van der Waals surface area (Å²) in [5.74, 6) is 5.17. The number of anilines is 2. The molecule has 0 aliphatic carbocycles. The largest absolute Gasteiger partial charge is 0.465 e. The van der Waals surface area contributed by atoms with Crippen molar-refractivity contribution in [2.24, 2.45) is 0 Å². The zero-order valence-corrected chi connectivity index (χ0v) is 28.9. The van der Waals surface area contributed by atoms with E-state index in [1.165, 1.54) is 36.3 Å². The molecule has 1 aliphatic rings. The molecule has 0 unspecified atom stereocenters. The Balaban J connectivity index is 1.61. The minimum absolute atomic E-state index is 0.0160. The molecule has 0 radical (unpaired) electrons. The lowest BCUT2D eigenvalue weighted by molar-refractivity contribution is -0.140. The van der Waals surface area contributed by atoms with Gasteiger partial charge >= 0.3 is 24.3 Å². The molecule has 1 aliphatic heterocycles. The second-order valence-electron chi connectivity index (χ2n) is 13.8. The first kappa shape index (κ1) is 37.0. The summed E-state index contributed by atoms with van der Waals surface area (Å²) in [6.45, 7) is 10.1. The number of fused-ring (bicyclic) bond motifs is 1. The van der Waals surface area contributed by atoms with E-state index in [-0.39, 0.29) is 29.9 Å². The van der Waals surface area contributed by atoms with Gasteiger partial charge in [0.2, 0.25) is 0 Å². The summed E-state index contributed by atoms with van der Waals surface area (Å²) in [4.78, 5) is 40.5. The highest BCUT2D eigenvalue weighted by atomic mass is 19.4. The molecule has 49 heavy (non-hydrogen) atoms. The van der Waals surface area contributed by atoms with Crippen LogP contribution >= 0.6 is 0 Å². The van der Waals surface area contributed by atoms with Crippen molar-refractivity contribution in [1.29, 1.82) is 0 Å². The Morgan fingerprint density at radius 2 is 1.57 bits per heavy atom. The molecule has 264 valence electrons. The quantitative estimate of drug-likeness (QED) is 0.162. The SMILES string of the molecule is COC(=O)c1ccc(N(CC#Cc2cc3c(NC4CCN(C(=O)OC(C)(C)C)CC4)cccc3n2CC(F)(F)F)C(=O)OC(C)(C)C)cc1. The van der Waals surface area contributed by atoms with Crippen molar-refractivity contribution in [2.45, 2.75) is 84.3 Å². The first-order valence-corrected chi connectivity index (χ1v) is 15.9. The van der Waals surface area contributed by atoms with E-state index in [4.69, 9.17) is 14.2 Å². The van der Waals surface area contributed by atoms with Crippen LogP contribution < -0.4 is 10.2 Å². The number of carbonyl (C=O) groups excluding carboxylic acids is 3. The molecular weight excluding hydrogens is 641 g/mol. The molecule has 1 fully saturated rings. The summed E-state index contributed by atoms with van der Waals surface area (Å²) in [5.41, 5.74) is 0.332. The van der Waals surface area contributed by atoms with Gasteiger partial charge in [-0.05, 0) is 103 Å². The molecule has 10 nitrogen and oxygen atoms in total. The van der Waals surface area contributed by atoms with E-state index < -0.39 is 36.0 Å². The average Bonchev–Trinajstić information content (AvgIpc) is 3.34. The van der Waals surface area contributed by atoms with Gasteiger partial charge in [-0.2, -0.15) is 13.2 Å². The number of benzene rings is 2. The van der Waals surface area contributed by atoms with Gasteiger partial charge < -0.3 is 29.0 Å². The number of nitrogens with zero attached hydrogens (tertiary/aromatic N) is 3. The van der Waals surface area contributed by atoms with Crippen LogP contribution in [0.25, 0.3) is 10.9 Å². The first-order valence-electron chi connectivity index (χ1n) is 15.9. The van der Waals surface area contributed by atoms with Crippen LogP contribution in [0.3, 0.4) is 0 Å². The predicted octanol–water partition coefficient (Wildman–Crippen LogP) is 7.59. The van der Waals surface area contributed by atoms with Crippen molar-refractivity contribution in [3.8, 4) is 11.8 Å². The molecule has 2 heterocycles. The van der Waals surface area contributed by atoms with Crippen LogP contribution in [0.5, 0.6) is 0 Å². The number of rotatable bonds is 6. The second kappa shape index (κ2) is 14.7. The zero-order valence-electron chi connectivity index (χ0n) is 28.9. The lowest BCUT2D eigenvalue weighted by atomic mass is 10.0. The number of hydrogen-bond acceptors (Lipinski definition) is 7. The Labute approximate surface area is 284 Å². The maximum Gasteiger partial charge on any atom is 0.415 e. The van der Waals surface area contributed by atoms with Crippen molar-refractivity contribution in [3.63, 3.8) is 0 Å². The number of likely N-dealkylation sites (tertiary alicyclic amines) is 1. The first-order chi connectivity index (χ1) is 22.8. The number of alkyl halides is 3. The van der Waals surface area contributed by atoms with E-state index in [2.05, 4.69) is 17.2 Å². The smallest absolute Gasteiger partial charge is 0.415 e. The van der Waals surface area contributed by atoms with Crippen molar-refractivity contribution in [3.05, 3.63) is 59.8 Å². The van der Waals surface area contributed by atoms with Crippen LogP contribution in [0.2, 0.25) is 0 Å². The van der Waals surface area contributed by atoms with Gasteiger partial charge in [-0.25, -0.2) is 14.4 Å². The van der Waals surface area contributed by atoms with E-state index in [9.17, 15) is 27.6 Å². The van der Waals surface area contributed by atoms with Crippen LogP contribution in [0.15, 0.2) is 48.5 Å². The van der Waals surface area contributed by atoms with E-state index in [0.29, 0.717) is 48.2 Å². The Morgan fingerprint density at radius 1 is 0.939 bits per heavy atom. The molecule has 0 bridgehead atoms. The van der Waals surface area contributed by atoms with Gasteiger partial charge in [-0.3, -0.25) is 4.90 Å². The standard InChI is InChI=1S/C36H43F3N4O6/c1-34(2,3)48-32(45)41-20-17-25(18-21-41)40-29-11-8-12-30-28(29)22-27(43(30)23-36(37,38)39)10-9-19-42(33(46)49-35(4,5)6)26-15-13-24(14-16-26)31(44)47-7/h8,11-16,22,25,40H,17-21,23H2,1-7H3. The Bertz CT molecular complexity index is 1720. The summed E-state index contributed by atoms with van der Waals surface area (Å²) in [6.07, 6.45) is -4.35. The van der Waals surface area contributed by atoms with E-state index in [1.807, 2.05) is 20.8 Å². The Kier molecular flexibility index (Phi) is 11.1. The number of nitrogens with one attached hydrogen (secondary N) is 1. The van der Waals surface area contributed by atoms with Crippen LogP contribution in [0, 0.1) is 11.8 Å². The maximum atomic E-state index is 13.8. The number of methoxy groups -OCH3 is 1. The fourth-order valence-corrected chi connectivity index (χ4v) is 5.30. The van der Waals surface area contributed by atoms with E-state index >= 15 is 0 Å². The van der Waals surface area contributed by atoms with Crippen LogP contribution in [0.4, 0.5) is 34.1 Å². The minimum Gasteiger partial charge on any atom is -0.465 e. The number of halogens is 3. The molecule has 2 aromatic carbocycles. The molecule has 13 heteroatoms. The molecule has 4 rings (SSSR count). The summed E-state index contributed by atoms with van der Waals surface area (Å²) >= 11 is 0. The third-order valence-corrected chi connectivity index (χ3v) is 7.46. The molecule has 2 amide bonds. The monoisotopic (exact) mass is 684 g/mol. The number of carbonyl (C=O) groups is 3. The Morgan fingerprint density at radius 3 is 2.14 bits per heavy atom. The normalized spacial score (nSPS) is 14.1. The molecule has 1 N–H and O–H groups in total. The maximum absolute atomic E-state index is 13.8. The van der Waals surface area contributed by atoms with Gasteiger partial charge in [0.05, 0.1) is 30.4 Å². The fraction of sp³-hybridized carbons (Fsp3) is 0.472. The lowest BCUT2D eigenvalue weighted by Crippen LogP contribution is -2.44. The number of piperidine rings is 1. The van der Waals surface area contributed by atoms with Crippen molar-refractivity contribution >= 4 is 40.4 Å². The van der Waals surface area contributed by atoms with Gasteiger partial charge in [0, 0.05) is 35.9 Å². The molecule has 0 spiro atoms. The van der Waals surface area contributed by atoms with Crippen LogP contribution in [-0.2, 0) is 20.8 Å². The molecule has 0 saturated carbocycles. The summed E-state index contributed by atoms with van der Waals surface area (Å²) in [5, 5.41) is 4.02. The molecule has 3 aromatic rings. The zero-order chi connectivity index (χ0) is 36.1. The van der Waals surface area contributed by atoms with Gasteiger partial charge in [0.15, 0.2) is 0 Å². The third-order valence-electron chi connectivity index (χ3n) is 7.46. The highest BCUT2D eigenvalue weighted by Crippen LogP contribution is 2.31. The van der Waals surface area contributed by atoms with Gasteiger partial charge in [0.1, 0.15) is 17.7 Å². The van der Waals surface area contributed by atoms with Crippen LogP contribution in [-0.4, -0.2) is 77.8 Å². The van der Waals surface area contributed by atoms with Gasteiger partial charge in [-0.15, -0.1) is 0 Å². The summed E-state index contributed by atoms with van der Waals surface area (Å²) in [7, 11) is 1.26. The highest BCUT2D eigenvalue weighted by Gasteiger charge is 2.31. The number of ether oxygens (including phenoxy) is 3. The number of amides is 2. The fourth-order valence-electron chi connectivity index (χ4n) is 5.30. The van der Waals surface area contributed by atoms with Crippen LogP contribution in [0.1, 0.15) is 70.4 Å². The third kappa shape index (κ3) is 10.3. The highest BCUT2D eigenvalue weighted by molar-refractivity contribution is 5.94. The average molecular weight is 685 g/mol. The lowest BCUT2D eigenvalue weighted by Gasteiger charge is -2.34. The van der Waals surface area contributed by atoms with Crippen molar-refractivity contribution in [1.82, 2.24) is 9.47 Å². The van der Waals surface area contributed by atoms with Gasteiger partial charge in [-0.1, -0.05) is 12.0 Å². The Hall–Kier alpha value is -4.86. The molecule has 1 aromatic heterocycles. The van der Waals surface area contributed by atoms with E-state index in [1.54, 1.807) is 49.9 Å². The van der Waals surface area contributed by atoms with Gasteiger partial charge in [0.25, 0.3) is 0 Å². The molecular formula is C36H43F3N4O6. The minimum atomic E-state index is -4.52. The second-order valence-corrected chi connectivity index (χ2v) is 13.8. The number of esters is 1. The summed E-state index contributed by atoms with van der Waals surface area (Å²) in [6, 6.07) is 12.7. The van der Waals surface area contributed by atoms with Crippen molar-refractivity contribution in [2.75, 3.05) is 37.0 Å². The topological polar surface area (TPSA) is 102 Å². The number of aromatic nitrogens is 1. The van der Waals surface area contributed by atoms with E-state index in [0.717, 1.165) is 4.57 Å². The van der Waals surface area contributed by atoms with Crippen molar-refractivity contribution < 1.29 is 41.8 Å². The predicted molar refractivity (Wildman–Crippen MR) is 181 cm³/mol. The molecule has 0 atom stereocenters.